The lowest BCUT2D eigenvalue weighted by molar-refractivity contribution is -0.142. The van der Waals surface area contributed by atoms with E-state index in [0.717, 1.165) is 17.2 Å². The van der Waals surface area contributed by atoms with Crippen molar-refractivity contribution in [3.05, 3.63) is 29.8 Å². The van der Waals surface area contributed by atoms with Crippen LogP contribution >= 0.6 is 0 Å². The zero-order valence-electron chi connectivity index (χ0n) is 9.55. The summed E-state index contributed by atoms with van der Waals surface area (Å²) in [5.41, 5.74) is 0.0831. The number of carboxylic acid groups (broad SMARTS) is 1. The maximum absolute atomic E-state index is 12.8. The second-order valence-corrected chi connectivity index (χ2v) is 3.55. The molecule has 17 heavy (non-hydrogen) atoms. The van der Waals surface area contributed by atoms with Crippen LogP contribution in [0.15, 0.2) is 18.3 Å². The molecule has 0 bridgehead atoms. The number of amides is 1. The summed E-state index contributed by atoms with van der Waals surface area (Å²) in [7, 11) is 1.38. The number of carbonyl (C=O) groups excluding carboxylic acids is 1. The summed E-state index contributed by atoms with van der Waals surface area (Å²) in [4.78, 5) is 27.2. The van der Waals surface area contributed by atoms with Gasteiger partial charge in [-0.05, 0) is 12.5 Å². The van der Waals surface area contributed by atoms with E-state index in [-0.39, 0.29) is 12.0 Å². The Morgan fingerprint density at radius 3 is 2.71 bits per heavy atom. The fourth-order valence-corrected chi connectivity index (χ4v) is 1.49. The van der Waals surface area contributed by atoms with Crippen molar-refractivity contribution < 1.29 is 19.1 Å². The lowest BCUT2D eigenvalue weighted by Gasteiger charge is -2.23. The molecule has 0 saturated carbocycles. The molecular formula is C11H13FN2O3. The fraction of sp³-hybridized carbons (Fsp3) is 0.364. The Bertz CT molecular complexity index is 436. The van der Waals surface area contributed by atoms with Crippen LogP contribution in [0.25, 0.3) is 0 Å². The SMILES string of the molecule is CCC(C(=O)O)N(C)C(=O)c1ccnc(F)c1. The minimum absolute atomic E-state index is 0.0831. The summed E-state index contributed by atoms with van der Waals surface area (Å²) in [5.74, 6) is -2.40. The first-order valence-electron chi connectivity index (χ1n) is 5.09. The maximum Gasteiger partial charge on any atom is 0.326 e. The van der Waals surface area contributed by atoms with Gasteiger partial charge < -0.3 is 10.0 Å². The number of nitrogens with zero attached hydrogens (tertiary/aromatic N) is 2. The molecule has 0 aliphatic rings. The average molecular weight is 240 g/mol. The van der Waals surface area contributed by atoms with E-state index in [2.05, 4.69) is 4.98 Å². The molecule has 1 N–H and O–H groups in total. The van der Waals surface area contributed by atoms with E-state index in [1.54, 1.807) is 6.92 Å². The molecule has 0 spiro atoms. The number of carbonyl (C=O) groups is 2. The monoisotopic (exact) mass is 240 g/mol. The number of carboxylic acids is 1. The Labute approximate surface area is 97.9 Å². The number of hydrogen-bond acceptors (Lipinski definition) is 3. The van der Waals surface area contributed by atoms with Gasteiger partial charge in [-0.25, -0.2) is 9.78 Å². The van der Waals surface area contributed by atoms with E-state index in [1.165, 1.54) is 13.1 Å². The molecule has 1 atom stereocenters. The van der Waals surface area contributed by atoms with Gasteiger partial charge >= 0.3 is 5.97 Å². The minimum Gasteiger partial charge on any atom is -0.480 e. The molecule has 1 aromatic rings. The van der Waals surface area contributed by atoms with Crippen LogP contribution in [-0.2, 0) is 4.79 Å². The predicted molar refractivity (Wildman–Crippen MR) is 58.0 cm³/mol. The third kappa shape index (κ3) is 2.99. The van der Waals surface area contributed by atoms with Crippen molar-refractivity contribution in [3.8, 4) is 0 Å². The highest BCUT2D eigenvalue weighted by atomic mass is 19.1. The van der Waals surface area contributed by atoms with Crippen molar-refractivity contribution >= 4 is 11.9 Å². The van der Waals surface area contributed by atoms with Crippen molar-refractivity contribution in [1.29, 1.82) is 0 Å². The summed E-state index contributed by atoms with van der Waals surface area (Å²) in [6, 6.07) is 1.41. The van der Waals surface area contributed by atoms with Gasteiger partial charge in [-0.1, -0.05) is 6.92 Å². The molecule has 0 saturated heterocycles. The number of aromatic nitrogens is 1. The molecule has 6 heteroatoms. The standard InChI is InChI=1S/C11H13FN2O3/c1-3-8(11(16)17)14(2)10(15)7-4-5-13-9(12)6-7/h4-6,8H,3H2,1-2H3,(H,16,17). The molecule has 1 unspecified atom stereocenters. The largest absolute Gasteiger partial charge is 0.480 e. The number of hydrogen-bond donors (Lipinski definition) is 1. The Balaban J connectivity index is 2.93. The number of pyridine rings is 1. The number of halogens is 1. The molecular weight excluding hydrogens is 227 g/mol. The van der Waals surface area contributed by atoms with E-state index in [1.807, 2.05) is 0 Å². The van der Waals surface area contributed by atoms with Crippen LogP contribution < -0.4 is 0 Å². The van der Waals surface area contributed by atoms with Gasteiger partial charge in [0.05, 0.1) is 0 Å². The quantitative estimate of drug-likeness (QED) is 0.801. The highest BCUT2D eigenvalue weighted by molar-refractivity contribution is 5.96. The average Bonchev–Trinajstić information content (AvgIpc) is 2.28. The molecule has 5 nitrogen and oxygen atoms in total. The van der Waals surface area contributed by atoms with E-state index in [9.17, 15) is 14.0 Å². The summed E-state index contributed by atoms with van der Waals surface area (Å²) < 4.78 is 12.8. The molecule has 1 rings (SSSR count). The van der Waals surface area contributed by atoms with Crippen LogP contribution in [0.1, 0.15) is 23.7 Å². The van der Waals surface area contributed by atoms with E-state index < -0.39 is 23.9 Å². The number of aliphatic carboxylic acids is 1. The van der Waals surface area contributed by atoms with Crippen LogP contribution in [0.4, 0.5) is 4.39 Å². The Morgan fingerprint density at radius 1 is 1.59 bits per heavy atom. The van der Waals surface area contributed by atoms with Crippen molar-refractivity contribution in [3.63, 3.8) is 0 Å². The molecule has 0 aliphatic carbocycles. The van der Waals surface area contributed by atoms with Gasteiger partial charge in [0.15, 0.2) is 0 Å². The first-order chi connectivity index (χ1) is 7.97. The van der Waals surface area contributed by atoms with Crippen LogP contribution in [0.3, 0.4) is 0 Å². The molecule has 0 aliphatic heterocycles. The summed E-state index contributed by atoms with van der Waals surface area (Å²) in [6.45, 7) is 1.66. The zero-order chi connectivity index (χ0) is 13.0. The second kappa shape index (κ2) is 5.38. The molecule has 92 valence electrons. The minimum atomic E-state index is -1.09. The Kier molecular flexibility index (Phi) is 4.14. The van der Waals surface area contributed by atoms with Crippen LogP contribution in [0.5, 0.6) is 0 Å². The molecule has 0 radical (unpaired) electrons. The summed E-state index contributed by atoms with van der Waals surface area (Å²) in [6.07, 6.45) is 1.45. The third-order valence-electron chi connectivity index (χ3n) is 2.43. The van der Waals surface area contributed by atoms with Crippen LogP contribution in [0.2, 0.25) is 0 Å². The molecule has 0 aromatic carbocycles. The fourth-order valence-electron chi connectivity index (χ4n) is 1.49. The van der Waals surface area contributed by atoms with E-state index >= 15 is 0 Å². The van der Waals surface area contributed by atoms with Gasteiger partial charge in [0, 0.05) is 24.9 Å². The molecule has 1 aromatic heterocycles. The van der Waals surface area contributed by atoms with Gasteiger partial charge in [-0.2, -0.15) is 4.39 Å². The van der Waals surface area contributed by atoms with Gasteiger partial charge in [-0.3, -0.25) is 4.79 Å². The summed E-state index contributed by atoms with van der Waals surface area (Å²) in [5, 5.41) is 8.91. The van der Waals surface area contributed by atoms with Crippen molar-refractivity contribution in [2.75, 3.05) is 7.05 Å². The number of likely N-dealkylation sites (N-methyl/N-ethyl adjacent to an activating group) is 1. The van der Waals surface area contributed by atoms with E-state index in [4.69, 9.17) is 5.11 Å². The normalized spacial score (nSPS) is 11.9. The number of rotatable bonds is 4. The lowest BCUT2D eigenvalue weighted by atomic mass is 10.1. The highest BCUT2D eigenvalue weighted by Gasteiger charge is 2.25. The van der Waals surface area contributed by atoms with Gasteiger partial charge in [0.2, 0.25) is 5.95 Å². The van der Waals surface area contributed by atoms with Crippen LogP contribution in [0, 0.1) is 5.95 Å². The van der Waals surface area contributed by atoms with Gasteiger partial charge in [0.25, 0.3) is 5.91 Å². The van der Waals surface area contributed by atoms with E-state index in [0.29, 0.717) is 0 Å². The summed E-state index contributed by atoms with van der Waals surface area (Å²) >= 11 is 0. The Hall–Kier alpha value is -1.98. The first-order valence-corrected chi connectivity index (χ1v) is 5.09. The molecule has 1 heterocycles. The van der Waals surface area contributed by atoms with Crippen LogP contribution in [-0.4, -0.2) is 40.0 Å². The highest BCUT2D eigenvalue weighted by Crippen LogP contribution is 2.09. The lowest BCUT2D eigenvalue weighted by Crippen LogP contribution is -2.42. The maximum atomic E-state index is 12.8. The van der Waals surface area contributed by atoms with Gasteiger partial charge in [-0.15, -0.1) is 0 Å². The van der Waals surface area contributed by atoms with Crippen molar-refractivity contribution in [2.24, 2.45) is 0 Å². The third-order valence-corrected chi connectivity index (χ3v) is 2.43. The van der Waals surface area contributed by atoms with Gasteiger partial charge in [0.1, 0.15) is 6.04 Å². The molecule has 1 amide bonds. The first kappa shape index (κ1) is 13.1. The predicted octanol–water partition coefficient (Wildman–Crippen LogP) is 1.16. The Morgan fingerprint density at radius 2 is 2.24 bits per heavy atom. The van der Waals surface area contributed by atoms with Crippen molar-refractivity contribution in [2.45, 2.75) is 19.4 Å². The smallest absolute Gasteiger partial charge is 0.326 e. The topological polar surface area (TPSA) is 70.5 Å². The molecule has 0 fully saturated rings. The van der Waals surface area contributed by atoms with Crippen molar-refractivity contribution in [1.82, 2.24) is 9.88 Å². The second-order valence-electron chi connectivity index (χ2n) is 3.55. The zero-order valence-corrected chi connectivity index (χ0v) is 9.55.